The molecule has 1 aliphatic carbocycles. The van der Waals surface area contributed by atoms with Crippen molar-refractivity contribution >= 4 is 27.5 Å². The van der Waals surface area contributed by atoms with Gasteiger partial charge in [0.25, 0.3) is 0 Å². The smallest absolute Gasteiger partial charge is 0.246 e. The fourth-order valence-corrected chi connectivity index (χ4v) is 5.09. The first-order valence-corrected chi connectivity index (χ1v) is 11.0. The van der Waals surface area contributed by atoms with E-state index in [1.54, 1.807) is 6.07 Å². The Morgan fingerprint density at radius 3 is 2.50 bits per heavy atom. The number of anilines is 1. The molecule has 0 bridgehead atoms. The number of nitrogens with one attached hydrogen (secondary N) is 2. The van der Waals surface area contributed by atoms with Crippen molar-refractivity contribution in [2.24, 2.45) is 11.8 Å². The third kappa shape index (κ3) is 4.64. The standard InChI is InChI=1S/C19H27N3O5S/c1-13-10-15(13)19(24)20-12-18(23)21-14-6-7-16(27-2)17(11-14)28(25,26)22-8-4-3-5-9-22/h6-7,11,13,15H,3-5,8-10,12H2,1-2H3,(H,20,24)(H,21,23)/t13-,15+/m0/s1. The van der Waals surface area contributed by atoms with Gasteiger partial charge in [0.1, 0.15) is 10.6 Å². The van der Waals surface area contributed by atoms with Crippen molar-refractivity contribution in [1.29, 1.82) is 0 Å². The van der Waals surface area contributed by atoms with Crippen LogP contribution in [-0.4, -0.2) is 51.3 Å². The summed E-state index contributed by atoms with van der Waals surface area (Å²) in [5.74, 6) is 0.0701. The Kier molecular flexibility index (Phi) is 6.24. The van der Waals surface area contributed by atoms with Crippen LogP contribution >= 0.6 is 0 Å². The van der Waals surface area contributed by atoms with Gasteiger partial charge in [-0.1, -0.05) is 13.3 Å². The molecule has 3 rings (SSSR count). The summed E-state index contributed by atoms with van der Waals surface area (Å²) in [6.07, 6.45) is 3.53. The number of sulfonamides is 1. The summed E-state index contributed by atoms with van der Waals surface area (Å²) in [7, 11) is -2.30. The number of benzene rings is 1. The maximum Gasteiger partial charge on any atom is 0.246 e. The molecule has 0 unspecified atom stereocenters. The Morgan fingerprint density at radius 2 is 1.89 bits per heavy atom. The molecule has 154 valence electrons. The number of rotatable bonds is 7. The molecule has 8 nitrogen and oxygen atoms in total. The highest BCUT2D eigenvalue weighted by Gasteiger charge is 2.39. The number of ether oxygens (including phenoxy) is 1. The minimum absolute atomic E-state index is 0.00456. The number of amides is 2. The van der Waals surface area contributed by atoms with Crippen LogP contribution in [0.3, 0.4) is 0 Å². The molecule has 9 heteroatoms. The SMILES string of the molecule is COc1ccc(NC(=O)CNC(=O)[C@@H]2C[C@@H]2C)cc1S(=O)(=O)N1CCCCC1. The summed E-state index contributed by atoms with van der Waals surface area (Å²) >= 11 is 0. The molecule has 2 aliphatic rings. The van der Waals surface area contributed by atoms with Gasteiger partial charge in [-0.05, 0) is 43.4 Å². The van der Waals surface area contributed by atoms with Crippen LogP contribution in [-0.2, 0) is 19.6 Å². The first kappa shape index (κ1) is 20.6. The highest BCUT2D eigenvalue weighted by atomic mass is 32.2. The number of nitrogens with zero attached hydrogens (tertiary/aromatic N) is 1. The third-order valence-corrected chi connectivity index (χ3v) is 7.17. The first-order valence-electron chi connectivity index (χ1n) is 9.58. The number of methoxy groups -OCH3 is 1. The highest BCUT2D eigenvalue weighted by molar-refractivity contribution is 7.89. The Morgan fingerprint density at radius 1 is 1.21 bits per heavy atom. The van der Waals surface area contributed by atoms with Crippen molar-refractivity contribution in [3.8, 4) is 5.75 Å². The lowest BCUT2D eigenvalue weighted by Gasteiger charge is -2.26. The molecule has 1 aromatic rings. The number of carbonyl (C=O) groups is 2. The van der Waals surface area contributed by atoms with Gasteiger partial charge in [-0.3, -0.25) is 9.59 Å². The summed E-state index contributed by atoms with van der Waals surface area (Å²) in [6.45, 7) is 2.80. The van der Waals surface area contributed by atoms with E-state index in [-0.39, 0.29) is 29.0 Å². The van der Waals surface area contributed by atoms with Crippen LogP contribution in [0.5, 0.6) is 5.75 Å². The molecule has 1 heterocycles. The largest absolute Gasteiger partial charge is 0.495 e. The summed E-state index contributed by atoms with van der Waals surface area (Å²) in [4.78, 5) is 24.0. The molecule has 0 spiro atoms. The van der Waals surface area contributed by atoms with Crippen molar-refractivity contribution in [1.82, 2.24) is 9.62 Å². The van der Waals surface area contributed by atoms with Crippen LogP contribution in [0.15, 0.2) is 23.1 Å². The highest BCUT2D eigenvalue weighted by Crippen LogP contribution is 2.37. The predicted octanol–water partition coefficient (Wildman–Crippen LogP) is 1.58. The fraction of sp³-hybridized carbons (Fsp3) is 0.579. The number of carbonyl (C=O) groups excluding carboxylic acids is 2. The maximum absolute atomic E-state index is 13.0. The van der Waals surface area contributed by atoms with Gasteiger partial charge in [0.15, 0.2) is 0 Å². The molecule has 0 aromatic heterocycles. The van der Waals surface area contributed by atoms with E-state index in [1.165, 1.54) is 23.5 Å². The molecule has 1 saturated heterocycles. The van der Waals surface area contributed by atoms with Crippen molar-refractivity contribution in [2.75, 3.05) is 32.1 Å². The Balaban J connectivity index is 1.69. The van der Waals surface area contributed by atoms with Gasteiger partial charge in [-0.25, -0.2) is 8.42 Å². The Bertz CT molecular complexity index is 849. The second-order valence-electron chi connectivity index (χ2n) is 7.42. The minimum atomic E-state index is -3.71. The minimum Gasteiger partial charge on any atom is -0.495 e. The summed E-state index contributed by atoms with van der Waals surface area (Å²) in [5, 5.41) is 5.25. The van der Waals surface area contributed by atoms with Gasteiger partial charge in [-0.2, -0.15) is 4.31 Å². The topological polar surface area (TPSA) is 105 Å². The van der Waals surface area contributed by atoms with E-state index in [2.05, 4.69) is 10.6 Å². The second kappa shape index (κ2) is 8.48. The Labute approximate surface area is 165 Å². The summed E-state index contributed by atoms with van der Waals surface area (Å²) in [5.41, 5.74) is 0.343. The van der Waals surface area contributed by atoms with E-state index in [9.17, 15) is 18.0 Å². The van der Waals surface area contributed by atoms with Gasteiger partial charge in [-0.15, -0.1) is 0 Å². The molecule has 1 aliphatic heterocycles. The van der Waals surface area contributed by atoms with Gasteiger partial charge in [0.2, 0.25) is 21.8 Å². The van der Waals surface area contributed by atoms with E-state index < -0.39 is 15.9 Å². The van der Waals surface area contributed by atoms with Crippen LogP contribution < -0.4 is 15.4 Å². The van der Waals surface area contributed by atoms with Gasteiger partial charge in [0, 0.05) is 24.7 Å². The molecular weight excluding hydrogens is 382 g/mol. The van der Waals surface area contributed by atoms with Crippen LogP contribution in [0.2, 0.25) is 0 Å². The van der Waals surface area contributed by atoms with Crippen LogP contribution in [0, 0.1) is 11.8 Å². The fourth-order valence-electron chi connectivity index (χ4n) is 3.39. The summed E-state index contributed by atoms with van der Waals surface area (Å²) < 4.78 is 32.7. The van der Waals surface area contributed by atoms with Crippen molar-refractivity contribution in [2.45, 2.75) is 37.5 Å². The molecule has 2 atom stereocenters. The molecule has 1 saturated carbocycles. The monoisotopic (exact) mass is 409 g/mol. The van der Waals surface area contributed by atoms with Crippen LogP contribution in [0.1, 0.15) is 32.6 Å². The number of hydrogen-bond donors (Lipinski definition) is 2. The lowest BCUT2D eigenvalue weighted by atomic mass is 10.2. The molecule has 2 amide bonds. The van der Waals surface area contributed by atoms with Crippen LogP contribution in [0.4, 0.5) is 5.69 Å². The number of hydrogen-bond acceptors (Lipinski definition) is 5. The lowest BCUT2D eigenvalue weighted by molar-refractivity contribution is -0.125. The average Bonchev–Trinajstić information content (AvgIpc) is 3.43. The zero-order chi connectivity index (χ0) is 20.3. The van der Waals surface area contributed by atoms with Crippen molar-refractivity contribution in [3.05, 3.63) is 18.2 Å². The van der Waals surface area contributed by atoms with E-state index in [0.29, 0.717) is 24.7 Å². The molecule has 2 N–H and O–H groups in total. The van der Waals surface area contributed by atoms with E-state index in [1.807, 2.05) is 6.92 Å². The molecule has 28 heavy (non-hydrogen) atoms. The summed E-state index contributed by atoms with van der Waals surface area (Å²) in [6, 6.07) is 4.51. The van der Waals surface area contributed by atoms with Gasteiger partial charge in [0.05, 0.1) is 13.7 Å². The quantitative estimate of drug-likeness (QED) is 0.711. The molecule has 1 aromatic carbocycles. The molecular formula is C19H27N3O5S. The average molecular weight is 410 g/mol. The van der Waals surface area contributed by atoms with Crippen LogP contribution in [0.25, 0.3) is 0 Å². The maximum atomic E-state index is 13.0. The van der Waals surface area contributed by atoms with Gasteiger partial charge < -0.3 is 15.4 Å². The second-order valence-corrected chi connectivity index (χ2v) is 9.32. The van der Waals surface area contributed by atoms with E-state index >= 15 is 0 Å². The predicted molar refractivity (Wildman–Crippen MR) is 105 cm³/mol. The zero-order valence-corrected chi connectivity index (χ0v) is 17.0. The normalized spacial score (nSPS) is 22.4. The Hall–Kier alpha value is -2.13. The number of piperidine rings is 1. The third-order valence-electron chi connectivity index (χ3n) is 5.25. The van der Waals surface area contributed by atoms with E-state index in [4.69, 9.17) is 4.74 Å². The van der Waals surface area contributed by atoms with Crippen molar-refractivity contribution < 1.29 is 22.7 Å². The van der Waals surface area contributed by atoms with Gasteiger partial charge >= 0.3 is 0 Å². The van der Waals surface area contributed by atoms with E-state index in [0.717, 1.165) is 25.7 Å². The van der Waals surface area contributed by atoms with Crippen molar-refractivity contribution in [3.63, 3.8) is 0 Å². The zero-order valence-electron chi connectivity index (χ0n) is 16.2. The lowest BCUT2D eigenvalue weighted by Crippen LogP contribution is -2.36. The molecule has 0 radical (unpaired) electrons. The first-order chi connectivity index (χ1) is 13.3. The molecule has 2 fully saturated rings.